The fourth-order valence-corrected chi connectivity index (χ4v) is 5.05. The van der Waals surface area contributed by atoms with Crippen molar-refractivity contribution < 1.29 is 19.7 Å². The fourth-order valence-electron chi connectivity index (χ4n) is 5.05. The predicted molar refractivity (Wildman–Crippen MR) is 143 cm³/mol. The molecule has 2 aromatic carbocycles. The van der Waals surface area contributed by atoms with Gasteiger partial charge in [-0.3, -0.25) is 19.7 Å². The van der Waals surface area contributed by atoms with Gasteiger partial charge in [-0.25, -0.2) is 5.01 Å². The highest BCUT2D eigenvalue weighted by Gasteiger charge is 2.26. The van der Waals surface area contributed by atoms with E-state index in [4.69, 9.17) is 4.74 Å². The summed E-state index contributed by atoms with van der Waals surface area (Å²) in [5.41, 5.74) is 5.91. The molecule has 3 heterocycles. The molecule has 202 valence electrons. The van der Waals surface area contributed by atoms with Crippen LogP contribution in [0.1, 0.15) is 60.8 Å². The molecule has 0 aliphatic carbocycles. The molecule has 2 fully saturated rings. The first-order chi connectivity index (χ1) is 18.4. The second kappa shape index (κ2) is 11.5. The van der Waals surface area contributed by atoms with E-state index >= 15 is 0 Å². The molecule has 3 N–H and O–H groups in total. The smallest absolute Gasteiger partial charge is 0.303 e. The SMILES string of the molecule is CC(C)c1cc(-c2nnc(C(=O)NN3CCCCC3)n2-c2ccc(CN3CCOCC3)cc2)c(O)cc1O. The number of phenolic OH excluding ortho intramolecular Hbond substituents is 2. The zero-order valence-electron chi connectivity index (χ0n) is 22.1. The number of hydrogen-bond acceptors (Lipinski definition) is 8. The second-order valence-corrected chi connectivity index (χ2v) is 10.3. The molecule has 2 aliphatic rings. The van der Waals surface area contributed by atoms with Crippen molar-refractivity contribution >= 4 is 5.91 Å². The van der Waals surface area contributed by atoms with Crippen molar-refractivity contribution in [2.45, 2.75) is 45.6 Å². The maximum Gasteiger partial charge on any atom is 0.303 e. The Kier molecular flexibility index (Phi) is 7.92. The molecule has 5 rings (SSSR count). The number of piperidine rings is 1. The molecule has 0 radical (unpaired) electrons. The summed E-state index contributed by atoms with van der Waals surface area (Å²) in [6, 6.07) is 11.0. The summed E-state index contributed by atoms with van der Waals surface area (Å²) >= 11 is 0. The highest BCUT2D eigenvalue weighted by atomic mass is 16.5. The van der Waals surface area contributed by atoms with Gasteiger partial charge in [0.1, 0.15) is 11.5 Å². The fraction of sp³-hybridized carbons (Fsp3) is 0.464. The largest absolute Gasteiger partial charge is 0.508 e. The number of nitrogens with zero attached hydrogens (tertiary/aromatic N) is 5. The topological polar surface area (TPSA) is 116 Å². The van der Waals surface area contributed by atoms with Crippen LogP contribution in [-0.2, 0) is 11.3 Å². The van der Waals surface area contributed by atoms with Crippen LogP contribution >= 0.6 is 0 Å². The van der Waals surface area contributed by atoms with Gasteiger partial charge in [0.25, 0.3) is 0 Å². The second-order valence-electron chi connectivity index (χ2n) is 10.3. The first kappa shape index (κ1) is 26.1. The first-order valence-corrected chi connectivity index (χ1v) is 13.4. The highest BCUT2D eigenvalue weighted by molar-refractivity contribution is 5.92. The molecular formula is C28H36N6O4. The zero-order chi connectivity index (χ0) is 26.6. The molecule has 0 unspecified atom stereocenters. The van der Waals surface area contributed by atoms with Gasteiger partial charge in [0.05, 0.1) is 18.8 Å². The number of morpholine rings is 1. The van der Waals surface area contributed by atoms with E-state index in [1.807, 2.05) is 43.1 Å². The third kappa shape index (κ3) is 5.67. The number of carbonyl (C=O) groups is 1. The standard InChI is InChI=1S/C28H36N6O4/c1-19(2)22-16-23(25(36)17-24(22)35)26-29-30-27(28(37)31-33-10-4-3-5-11-33)34(26)21-8-6-20(7-9-21)18-32-12-14-38-15-13-32/h6-9,16-17,19,35-36H,3-5,10-15,18H2,1-2H3,(H,31,37). The number of nitrogens with one attached hydrogen (secondary N) is 1. The Balaban J connectivity index is 1.52. The lowest BCUT2D eigenvalue weighted by Crippen LogP contribution is -2.45. The molecule has 2 aliphatic heterocycles. The lowest BCUT2D eigenvalue weighted by atomic mass is 9.98. The Hall–Kier alpha value is -3.47. The van der Waals surface area contributed by atoms with Gasteiger partial charge in [0.15, 0.2) is 5.82 Å². The Labute approximate surface area is 222 Å². The Morgan fingerprint density at radius 3 is 2.37 bits per heavy atom. The number of aromatic hydroxyl groups is 2. The van der Waals surface area contributed by atoms with Gasteiger partial charge in [-0.05, 0) is 48.1 Å². The van der Waals surface area contributed by atoms with Crippen LogP contribution in [0.2, 0.25) is 0 Å². The van der Waals surface area contributed by atoms with E-state index in [1.54, 1.807) is 10.6 Å². The summed E-state index contributed by atoms with van der Waals surface area (Å²) in [4.78, 5) is 15.7. The lowest BCUT2D eigenvalue weighted by molar-refractivity contribution is 0.0342. The Bertz CT molecular complexity index is 1260. The van der Waals surface area contributed by atoms with Crippen LogP contribution in [0.15, 0.2) is 36.4 Å². The van der Waals surface area contributed by atoms with Gasteiger partial charge in [-0.1, -0.05) is 32.4 Å². The van der Waals surface area contributed by atoms with Crippen molar-refractivity contribution in [2.75, 3.05) is 39.4 Å². The zero-order valence-corrected chi connectivity index (χ0v) is 22.1. The van der Waals surface area contributed by atoms with Gasteiger partial charge in [0.2, 0.25) is 5.82 Å². The molecule has 0 atom stereocenters. The Morgan fingerprint density at radius 1 is 0.974 bits per heavy atom. The van der Waals surface area contributed by atoms with Crippen molar-refractivity contribution in [3.05, 3.63) is 53.3 Å². The molecule has 2 saturated heterocycles. The molecular weight excluding hydrogens is 484 g/mol. The number of ether oxygens (including phenoxy) is 1. The van der Waals surface area contributed by atoms with Crippen molar-refractivity contribution in [1.82, 2.24) is 30.1 Å². The summed E-state index contributed by atoms with van der Waals surface area (Å²) in [6.07, 6.45) is 3.21. The molecule has 0 saturated carbocycles. The minimum absolute atomic E-state index is 0.0165. The molecule has 38 heavy (non-hydrogen) atoms. The average Bonchev–Trinajstić information content (AvgIpc) is 3.35. The molecule has 0 bridgehead atoms. The van der Waals surface area contributed by atoms with Crippen LogP contribution < -0.4 is 5.43 Å². The number of carbonyl (C=O) groups excluding carboxylic acids is 1. The minimum atomic E-state index is -0.356. The number of hydrazine groups is 1. The van der Waals surface area contributed by atoms with Gasteiger partial charge >= 0.3 is 5.91 Å². The summed E-state index contributed by atoms with van der Waals surface area (Å²) in [6.45, 7) is 9.61. The van der Waals surface area contributed by atoms with Crippen molar-refractivity contribution in [1.29, 1.82) is 0 Å². The van der Waals surface area contributed by atoms with Gasteiger partial charge < -0.3 is 14.9 Å². The van der Waals surface area contributed by atoms with Crippen molar-refractivity contribution in [2.24, 2.45) is 0 Å². The summed E-state index contributed by atoms with van der Waals surface area (Å²) in [5, 5.41) is 31.7. The normalized spacial score (nSPS) is 17.1. The van der Waals surface area contributed by atoms with Crippen LogP contribution in [0.4, 0.5) is 0 Å². The summed E-state index contributed by atoms with van der Waals surface area (Å²) in [5.74, 6) is 0.00646. The predicted octanol–water partition coefficient (Wildman–Crippen LogP) is 3.43. The minimum Gasteiger partial charge on any atom is -0.508 e. The molecule has 1 aromatic heterocycles. The van der Waals surface area contributed by atoms with E-state index in [2.05, 4.69) is 20.5 Å². The van der Waals surface area contributed by atoms with E-state index in [0.717, 1.165) is 70.8 Å². The number of hydrogen-bond donors (Lipinski definition) is 3. The number of phenols is 2. The summed E-state index contributed by atoms with van der Waals surface area (Å²) < 4.78 is 7.13. The van der Waals surface area contributed by atoms with Crippen molar-refractivity contribution in [3.63, 3.8) is 0 Å². The quantitative estimate of drug-likeness (QED) is 0.434. The molecule has 10 nitrogen and oxygen atoms in total. The van der Waals surface area contributed by atoms with Gasteiger partial charge in [0, 0.05) is 44.5 Å². The Morgan fingerprint density at radius 2 is 1.68 bits per heavy atom. The lowest BCUT2D eigenvalue weighted by Gasteiger charge is -2.27. The average molecular weight is 521 g/mol. The third-order valence-electron chi connectivity index (χ3n) is 7.19. The monoisotopic (exact) mass is 520 g/mol. The van der Waals surface area contributed by atoms with Crippen LogP contribution in [0, 0.1) is 0 Å². The van der Waals surface area contributed by atoms with E-state index in [-0.39, 0.29) is 29.1 Å². The van der Waals surface area contributed by atoms with Gasteiger partial charge in [-0.15, -0.1) is 10.2 Å². The number of rotatable bonds is 7. The molecule has 0 spiro atoms. The van der Waals surface area contributed by atoms with Crippen LogP contribution in [0.25, 0.3) is 17.1 Å². The summed E-state index contributed by atoms with van der Waals surface area (Å²) in [7, 11) is 0. The number of aromatic nitrogens is 3. The molecule has 3 aromatic rings. The van der Waals surface area contributed by atoms with Crippen LogP contribution in [0.3, 0.4) is 0 Å². The molecule has 10 heteroatoms. The van der Waals surface area contributed by atoms with E-state index in [0.29, 0.717) is 22.6 Å². The van der Waals surface area contributed by atoms with Gasteiger partial charge in [-0.2, -0.15) is 0 Å². The van der Waals surface area contributed by atoms with Crippen LogP contribution in [0.5, 0.6) is 11.5 Å². The van der Waals surface area contributed by atoms with E-state index in [1.165, 1.54) is 6.07 Å². The maximum absolute atomic E-state index is 13.4. The van der Waals surface area contributed by atoms with Crippen LogP contribution in [-0.4, -0.2) is 80.2 Å². The number of amides is 1. The first-order valence-electron chi connectivity index (χ1n) is 13.4. The van der Waals surface area contributed by atoms with E-state index < -0.39 is 0 Å². The number of benzene rings is 2. The molecule has 1 amide bonds. The maximum atomic E-state index is 13.4. The van der Waals surface area contributed by atoms with Crippen molar-refractivity contribution in [3.8, 4) is 28.6 Å². The van der Waals surface area contributed by atoms with E-state index in [9.17, 15) is 15.0 Å². The third-order valence-corrected chi connectivity index (χ3v) is 7.19. The highest BCUT2D eigenvalue weighted by Crippen LogP contribution is 2.38.